The van der Waals surface area contributed by atoms with Gasteiger partial charge in [-0.25, -0.2) is 4.39 Å². The third-order valence-electron chi connectivity index (χ3n) is 1.60. The van der Waals surface area contributed by atoms with Gasteiger partial charge in [0, 0.05) is 11.8 Å². The summed E-state index contributed by atoms with van der Waals surface area (Å²) < 4.78 is 12.7. The van der Waals surface area contributed by atoms with Crippen molar-refractivity contribution < 1.29 is 4.39 Å². The molecule has 3 nitrogen and oxygen atoms in total. The van der Waals surface area contributed by atoms with Crippen LogP contribution in [0, 0.1) is 5.82 Å². The summed E-state index contributed by atoms with van der Waals surface area (Å²) in [5, 5.41) is 9.45. The van der Waals surface area contributed by atoms with Gasteiger partial charge in [0.05, 0.1) is 6.20 Å². The largest absolute Gasteiger partial charge is 0.341 e. The zero-order valence-corrected chi connectivity index (χ0v) is 6.79. The average molecular weight is 177 g/mol. The van der Waals surface area contributed by atoms with Gasteiger partial charge in [0.15, 0.2) is 0 Å². The van der Waals surface area contributed by atoms with E-state index in [1.807, 2.05) is 0 Å². The topological polar surface area (TPSA) is 40.7 Å². The molecule has 0 unspecified atom stereocenters. The average Bonchev–Trinajstić information content (AvgIpc) is 2.57. The molecule has 13 heavy (non-hydrogen) atoms. The molecule has 0 saturated heterocycles. The predicted octanol–water partition coefficient (Wildman–Crippen LogP) is 2.29. The number of aromatic amines is 1. The fourth-order valence-electron chi connectivity index (χ4n) is 1.05. The van der Waals surface area contributed by atoms with Gasteiger partial charge in [0.1, 0.15) is 11.6 Å². The molecule has 2 N–H and O–H groups in total. The van der Waals surface area contributed by atoms with Crippen molar-refractivity contribution >= 4 is 11.5 Å². The van der Waals surface area contributed by atoms with Gasteiger partial charge in [-0.2, -0.15) is 5.10 Å². The lowest BCUT2D eigenvalue weighted by molar-refractivity contribution is 0.628. The molecule has 66 valence electrons. The van der Waals surface area contributed by atoms with Gasteiger partial charge in [0.25, 0.3) is 0 Å². The molecule has 0 saturated carbocycles. The standard InChI is InChI=1S/C9H8FN3/c10-7-2-1-3-8(6-7)12-9-4-5-11-13-9/h1-6H,(H2,11,12,13). The van der Waals surface area contributed by atoms with E-state index >= 15 is 0 Å². The summed E-state index contributed by atoms with van der Waals surface area (Å²) in [7, 11) is 0. The van der Waals surface area contributed by atoms with Crippen molar-refractivity contribution in [3.63, 3.8) is 0 Å². The van der Waals surface area contributed by atoms with E-state index in [0.717, 1.165) is 5.82 Å². The minimum atomic E-state index is -0.260. The van der Waals surface area contributed by atoms with Crippen LogP contribution in [0.3, 0.4) is 0 Å². The lowest BCUT2D eigenvalue weighted by Gasteiger charge is -2.01. The first-order chi connectivity index (χ1) is 6.34. The monoisotopic (exact) mass is 177 g/mol. The van der Waals surface area contributed by atoms with Crippen molar-refractivity contribution in [1.29, 1.82) is 0 Å². The molecular formula is C9H8FN3. The molecule has 4 heteroatoms. The van der Waals surface area contributed by atoms with Crippen molar-refractivity contribution in [2.45, 2.75) is 0 Å². The minimum Gasteiger partial charge on any atom is -0.341 e. The maximum absolute atomic E-state index is 12.7. The van der Waals surface area contributed by atoms with Gasteiger partial charge in [0.2, 0.25) is 0 Å². The molecule has 2 rings (SSSR count). The van der Waals surface area contributed by atoms with Gasteiger partial charge < -0.3 is 5.32 Å². The molecule has 0 spiro atoms. The Kier molecular flexibility index (Phi) is 1.96. The smallest absolute Gasteiger partial charge is 0.125 e. The summed E-state index contributed by atoms with van der Waals surface area (Å²) in [5.74, 6) is 0.482. The Hall–Kier alpha value is -1.84. The number of halogens is 1. The molecule has 0 aliphatic carbocycles. The van der Waals surface area contributed by atoms with E-state index in [-0.39, 0.29) is 5.82 Å². The Morgan fingerprint density at radius 3 is 2.92 bits per heavy atom. The van der Waals surface area contributed by atoms with Crippen molar-refractivity contribution in [3.8, 4) is 0 Å². The van der Waals surface area contributed by atoms with Gasteiger partial charge >= 0.3 is 0 Å². The molecule has 0 aliphatic heterocycles. The van der Waals surface area contributed by atoms with Crippen LogP contribution in [0.25, 0.3) is 0 Å². The normalized spacial score (nSPS) is 9.92. The second-order valence-corrected chi connectivity index (χ2v) is 2.61. The fraction of sp³-hybridized carbons (Fsp3) is 0. The van der Waals surface area contributed by atoms with Crippen LogP contribution in [0.4, 0.5) is 15.9 Å². The second-order valence-electron chi connectivity index (χ2n) is 2.61. The van der Waals surface area contributed by atoms with Crippen molar-refractivity contribution in [3.05, 3.63) is 42.3 Å². The van der Waals surface area contributed by atoms with Crippen molar-refractivity contribution in [2.24, 2.45) is 0 Å². The highest BCUT2D eigenvalue weighted by Gasteiger charge is 1.95. The Balaban J connectivity index is 2.19. The molecule has 0 radical (unpaired) electrons. The lowest BCUT2D eigenvalue weighted by Crippen LogP contribution is -1.90. The van der Waals surface area contributed by atoms with E-state index < -0.39 is 0 Å². The molecule has 0 fully saturated rings. The van der Waals surface area contributed by atoms with Gasteiger partial charge in [-0.1, -0.05) is 6.07 Å². The summed E-state index contributed by atoms with van der Waals surface area (Å²) in [6.45, 7) is 0. The molecule has 1 aromatic heterocycles. The number of nitrogens with zero attached hydrogens (tertiary/aromatic N) is 1. The molecule has 0 bridgehead atoms. The lowest BCUT2D eigenvalue weighted by atomic mass is 10.3. The van der Waals surface area contributed by atoms with E-state index in [9.17, 15) is 4.39 Å². The fourth-order valence-corrected chi connectivity index (χ4v) is 1.05. The number of benzene rings is 1. The Morgan fingerprint density at radius 1 is 1.31 bits per heavy atom. The van der Waals surface area contributed by atoms with Gasteiger partial charge in [-0.3, -0.25) is 5.10 Å². The molecule has 1 aromatic carbocycles. The molecule has 0 aliphatic rings. The maximum Gasteiger partial charge on any atom is 0.125 e. The number of H-pyrrole nitrogens is 1. The first-order valence-electron chi connectivity index (χ1n) is 3.86. The third kappa shape index (κ3) is 1.84. The number of hydrogen-bond acceptors (Lipinski definition) is 2. The first kappa shape index (κ1) is 7.79. The number of nitrogens with one attached hydrogen (secondary N) is 2. The van der Waals surface area contributed by atoms with Crippen LogP contribution in [0.2, 0.25) is 0 Å². The van der Waals surface area contributed by atoms with Crippen LogP contribution < -0.4 is 5.32 Å². The zero-order valence-electron chi connectivity index (χ0n) is 6.79. The third-order valence-corrected chi connectivity index (χ3v) is 1.60. The van der Waals surface area contributed by atoms with Crippen LogP contribution in [-0.4, -0.2) is 10.2 Å². The highest BCUT2D eigenvalue weighted by atomic mass is 19.1. The van der Waals surface area contributed by atoms with Gasteiger partial charge in [-0.15, -0.1) is 0 Å². The molecular weight excluding hydrogens is 169 g/mol. The SMILES string of the molecule is Fc1cccc(Nc2ccn[nH]2)c1. The van der Waals surface area contributed by atoms with E-state index in [4.69, 9.17) is 0 Å². The molecule has 2 aromatic rings. The van der Waals surface area contributed by atoms with E-state index in [0.29, 0.717) is 5.69 Å². The molecule has 0 amide bonds. The first-order valence-corrected chi connectivity index (χ1v) is 3.86. The van der Waals surface area contributed by atoms with Crippen LogP contribution in [-0.2, 0) is 0 Å². The minimum absolute atomic E-state index is 0.260. The van der Waals surface area contributed by atoms with Crippen LogP contribution in [0.1, 0.15) is 0 Å². The summed E-state index contributed by atoms with van der Waals surface area (Å²) in [4.78, 5) is 0. The predicted molar refractivity (Wildman–Crippen MR) is 48.3 cm³/mol. The number of hydrogen-bond donors (Lipinski definition) is 2. The summed E-state index contributed by atoms with van der Waals surface area (Å²) in [6.07, 6.45) is 1.63. The van der Waals surface area contributed by atoms with Crippen molar-refractivity contribution in [2.75, 3.05) is 5.32 Å². The Bertz CT molecular complexity index is 384. The second kappa shape index (κ2) is 3.26. The molecule has 1 heterocycles. The number of anilines is 2. The van der Waals surface area contributed by atoms with Crippen LogP contribution >= 0.6 is 0 Å². The summed E-state index contributed by atoms with van der Waals surface area (Å²) in [5.41, 5.74) is 0.698. The van der Waals surface area contributed by atoms with E-state index in [1.165, 1.54) is 12.1 Å². The van der Waals surface area contributed by atoms with E-state index in [2.05, 4.69) is 15.5 Å². The summed E-state index contributed by atoms with van der Waals surface area (Å²) in [6, 6.07) is 8.02. The van der Waals surface area contributed by atoms with Crippen LogP contribution in [0.5, 0.6) is 0 Å². The maximum atomic E-state index is 12.7. The zero-order chi connectivity index (χ0) is 9.10. The Labute approximate surface area is 74.6 Å². The van der Waals surface area contributed by atoms with Crippen LogP contribution in [0.15, 0.2) is 36.5 Å². The highest BCUT2D eigenvalue weighted by Crippen LogP contribution is 2.14. The molecule has 0 atom stereocenters. The summed E-state index contributed by atoms with van der Waals surface area (Å²) >= 11 is 0. The number of aromatic nitrogens is 2. The number of rotatable bonds is 2. The van der Waals surface area contributed by atoms with Gasteiger partial charge in [-0.05, 0) is 18.2 Å². The van der Waals surface area contributed by atoms with E-state index in [1.54, 1.807) is 24.4 Å². The quantitative estimate of drug-likeness (QED) is 0.738. The Morgan fingerprint density at radius 2 is 2.23 bits per heavy atom. The highest BCUT2D eigenvalue weighted by molar-refractivity contribution is 5.55. The van der Waals surface area contributed by atoms with Crippen molar-refractivity contribution in [1.82, 2.24) is 10.2 Å².